The number of aromatic nitrogens is 3. The smallest absolute Gasteiger partial charge is 0.269 e. The van der Waals surface area contributed by atoms with Gasteiger partial charge in [0.05, 0.1) is 17.1 Å². The van der Waals surface area contributed by atoms with Crippen LogP contribution in [-0.4, -0.2) is 37.3 Å². The number of carbonyl (C=O) groups excluding carboxylic acids is 2. The van der Waals surface area contributed by atoms with Crippen LogP contribution < -0.4 is 10.6 Å². The molecular formula is C22H24N6O4S. The van der Waals surface area contributed by atoms with E-state index in [4.69, 9.17) is 0 Å². The van der Waals surface area contributed by atoms with Crippen LogP contribution in [0.15, 0.2) is 47.6 Å². The topological polar surface area (TPSA) is 132 Å². The molecule has 2 amide bonds. The van der Waals surface area contributed by atoms with Crippen molar-refractivity contribution in [2.24, 2.45) is 0 Å². The van der Waals surface area contributed by atoms with Gasteiger partial charge in [-0.2, -0.15) is 0 Å². The Hall–Kier alpha value is -3.73. The van der Waals surface area contributed by atoms with Crippen LogP contribution in [0, 0.1) is 24.0 Å². The first-order chi connectivity index (χ1) is 15.8. The molecule has 2 aromatic carbocycles. The predicted molar refractivity (Wildman–Crippen MR) is 126 cm³/mol. The number of hydrogen-bond acceptors (Lipinski definition) is 7. The molecule has 0 radical (unpaired) electrons. The average molecular weight is 469 g/mol. The number of thioether (sulfide) groups is 1. The van der Waals surface area contributed by atoms with Gasteiger partial charge < -0.3 is 15.2 Å². The molecule has 0 bridgehead atoms. The third kappa shape index (κ3) is 6.39. The van der Waals surface area contributed by atoms with Crippen LogP contribution >= 0.6 is 11.8 Å². The van der Waals surface area contributed by atoms with E-state index in [1.165, 1.54) is 36.0 Å². The van der Waals surface area contributed by atoms with Crippen LogP contribution in [0.3, 0.4) is 0 Å². The van der Waals surface area contributed by atoms with Gasteiger partial charge in [-0.25, -0.2) is 0 Å². The van der Waals surface area contributed by atoms with Crippen molar-refractivity contribution in [1.82, 2.24) is 14.8 Å². The molecule has 0 saturated heterocycles. The molecule has 0 aliphatic rings. The molecule has 0 aliphatic heterocycles. The number of nitrogens with zero attached hydrogens (tertiary/aromatic N) is 4. The number of nitrogens with one attached hydrogen (secondary N) is 2. The standard InChI is InChI=1S/C22H24N6O4S/c1-4-27-19(12-20(29)24-17-6-5-14(2)15(3)11-17)25-26-22(27)33-13-21(30)23-16-7-9-18(10-8-16)28(31)32/h5-11H,4,12-13H2,1-3H3,(H,23,30)(H,24,29). The molecule has 0 saturated carbocycles. The summed E-state index contributed by atoms with van der Waals surface area (Å²) < 4.78 is 1.80. The third-order valence-electron chi connectivity index (χ3n) is 4.91. The summed E-state index contributed by atoms with van der Waals surface area (Å²) in [4.78, 5) is 35.0. The van der Waals surface area contributed by atoms with Gasteiger partial charge in [-0.05, 0) is 56.2 Å². The molecule has 172 valence electrons. The second-order valence-electron chi connectivity index (χ2n) is 7.31. The van der Waals surface area contributed by atoms with Crippen LogP contribution in [0.4, 0.5) is 17.1 Å². The molecule has 2 N–H and O–H groups in total. The molecule has 0 atom stereocenters. The zero-order chi connectivity index (χ0) is 24.0. The normalized spacial score (nSPS) is 10.6. The third-order valence-corrected chi connectivity index (χ3v) is 5.88. The second-order valence-corrected chi connectivity index (χ2v) is 8.25. The maximum absolute atomic E-state index is 12.5. The van der Waals surface area contributed by atoms with Crippen molar-refractivity contribution >= 4 is 40.6 Å². The van der Waals surface area contributed by atoms with Crippen molar-refractivity contribution < 1.29 is 14.5 Å². The Balaban J connectivity index is 1.57. The van der Waals surface area contributed by atoms with Gasteiger partial charge >= 0.3 is 0 Å². The predicted octanol–water partition coefficient (Wildman–Crippen LogP) is 3.74. The van der Waals surface area contributed by atoms with Crippen molar-refractivity contribution in [3.63, 3.8) is 0 Å². The van der Waals surface area contributed by atoms with Crippen molar-refractivity contribution in [3.8, 4) is 0 Å². The first-order valence-electron chi connectivity index (χ1n) is 10.2. The summed E-state index contributed by atoms with van der Waals surface area (Å²) in [6.07, 6.45) is 0.0588. The van der Waals surface area contributed by atoms with E-state index >= 15 is 0 Å². The minimum Gasteiger partial charge on any atom is -0.326 e. The van der Waals surface area contributed by atoms with Gasteiger partial charge in [0.1, 0.15) is 5.82 Å². The molecule has 0 unspecified atom stereocenters. The number of anilines is 2. The van der Waals surface area contributed by atoms with E-state index in [1.807, 2.05) is 39.0 Å². The highest BCUT2D eigenvalue weighted by molar-refractivity contribution is 7.99. The summed E-state index contributed by atoms with van der Waals surface area (Å²) in [6, 6.07) is 11.3. The van der Waals surface area contributed by atoms with Crippen molar-refractivity contribution in [2.45, 2.75) is 38.9 Å². The number of non-ortho nitro benzene ring substituents is 1. The number of hydrogen-bond donors (Lipinski definition) is 2. The van der Waals surface area contributed by atoms with E-state index in [0.29, 0.717) is 23.2 Å². The number of aryl methyl sites for hydroxylation is 2. The Morgan fingerprint density at radius 1 is 1.00 bits per heavy atom. The lowest BCUT2D eigenvalue weighted by molar-refractivity contribution is -0.384. The fourth-order valence-corrected chi connectivity index (χ4v) is 3.86. The number of carbonyl (C=O) groups is 2. The van der Waals surface area contributed by atoms with E-state index in [1.54, 1.807) is 4.57 Å². The molecule has 3 aromatic rings. The molecular weight excluding hydrogens is 444 g/mol. The van der Waals surface area contributed by atoms with Crippen LogP contribution in [0.5, 0.6) is 0 Å². The largest absolute Gasteiger partial charge is 0.326 e. The van der Waals surface area contributed by atoms with Crippen LogP contribution in [0.1, 0.15) is 23.9 Å². The van der Waals surface area contributed by atoms with E-state index in [9.17, 15) is 19.7 Å². The Labute approximate surface area is 194 Å². The van der Waals surface area contributed by atoms with E-state index in [-0.39, 0.29) is 29.7 Å². The molecule has 3 rings (SSSR count). The molecule has 1 heterocycles. The SMILES string of the molecule is CCn1c(CC(=O)Nc2ccc(C)c(C)c2)nnc1SCC(=O)Nc1ccc([N+](=O)[O-])cc1. The van der Waals surface area contributed by atoms with E-state index < -0.39 is 4.92 Å². The van der Waals surface area contributed by atoms with Crippen molar-refractivity contribution in [3.05, 3.63) is 69.5 Å². The number of nitro groups is 1. The van der Waals surface area contributed by atoms with Gasteiger partial charge in [0.25, 0.3) is 5.69 Å². The number of rotatable bonds is 9. The lowest BCUT2D eigenvalue weighted by atomic mass is 10.1. The summed E-state index contributed by atoms with van der Waals surface area (Å²) in [5.74, 6) is 0.0997. The average Bonchev–Trinajstić information content (AvgIpc) is 3.16. The highest BCUT2D eigenvalue weighted by atomic mass is 32.2. The van der Waals surface area contributed by atoms with Crippen molar-refractivity contribution in [2.75, 3.05) is 16.4 Å². The van der Waals surface area contributed by atoms with Gasteiger partial charge in [-0.1, -0.05) is 17.8 Å². The highest BCUT2D eigenvalue weighted by Gasteiger charge is 2.16. The first kappa shape index (κ1) is 23.9. The van der Waals surface area contributed by atoms with Gasteiger partial charge in [0, 0.05) is 30.1 Å². The zero-order valence-corrected chi connectivity index (χ0v) is 19.3. The van der Waals surface area contributed by atoms with Crippen LogP contribution in [0.2, 0.25) is 0 Å². The maximum Gasteiger partial charge on any atom is 0.269 e. The summed E-state index contributed by atoms with van der Waals surface area (Å²) in [5, 5.41) is 25.1. The lowest BCUT2D eigenvalue weighted by Crippen LogP contribution is -2.18. The minimum atomic E-state index is -0.501. The molecule has 1 aromatic heterocycles. The summed E-state index contributed by atoms with van der Waals surface area (Å²) in [5.41, 5.74) is 3.38. The summed E-state index contributed by atoms with van der Waals surface area (Å²) in [6.45, 7) is 6.46. The van der Waals surface area contributed by atoms with E-state index in [0.717, 1.165) is 16.8 Å². The Kier molecular flexibility index (Phi) is 7.78. The van der Waals surface area contributed by atoms with Gasteiger partial charge in [-0.3, -0.25) is 19.7 Å². The second kappa shape index (κ2) is 10.7. The number of amides is 2. The highest BCUT2D eigenvalue weighted by Crippen LogP contribution is 2.20. The summed E-state index contributed by atoms with van der Waals surface area (Å²) >= 11 is 1.20. The minimum absolute atomic E-state index is 0.0486. The van der Waals surface area contributed by atoms with Crippen LogP contribution in [0.25, 0.3) is 0 Å². The Morgan fingerprint density at radius 3 is 2.30 bits per heavy atom. The Bertz CT molecular complexity index is 1180. The number of nitro benzene ring substituents is 1. The molecule has 10 nitrogen and oxygen atoms in total. The number of benzene rings is 2. The summed E-state index contributed by atoms with van der Waals surface area (Å²) in [7, 11) is 0. The van der Waals surface area contributed by atoms with Gasteiger partial charge in [0.2, 0.25) is 11.8 Å². The van der Waals surface area contributed by atoms with Gasteiger partial charge in [-0.15, -0.1) is 10.2 Å². The molecule has 0 aliphatic carbocycles. The fourth-order valence-electron chi connectivity index (χ4n) is 3.04. The van der Waals surface area contributed by atoms with Gasteiger partial charge in [0.15, 0.2) is 5.16 Å². The molecule has 11 heteroatoms. The maximum atomic E-state index is 12.5. The zero-order valence-electron chi connectivity index (χ0n) is 18.5. The van der Waals surface area contributed by atoms with Crippen LogP contribution in [-0.2, 0) is 22.6 Å². The lowest BCUT2D eigenvalue weighted by Gasteiger charge is -2.09. The van der Waals surface area contributed by atoms with Crippen molar-refractivity contribution in [1.29, 1.82) is 0 Å². The van der Waals surface area contributed by atoms with E-state index in [2.05, 4.69) is 20.8 Å². The molecule has 33 heavy (non-hydrogen) atoms. The quantitative estimate of drug-likeness (QED) is 0.278. The molecule has 0 fully saturated rings. The fraction of sp³-hybridized carbons (Fsp3) is 0.273. The molecule has 0 spiro atoms. The Morgan fingerprint density at radius 2 is 1.67 bits per heavy atom. The monoisotopic (exact) mass is 468 g/mol. The first-order valence-corrected chi connectivity index (χ1v) is 11.2.